The first-order valence-electron chi connectivity index (χ1n) is 14.3. The van der Waals surface area contributed by atoms with Crippen LogP contribution in [0.3, 0.4) is 0 Å². The van der Waals surface area contributed by atoms with Gasteiger partial charge in [-0.25, -0.2) is 18.7 Å². The number of halogens is 4. The SMILES string of the molecule is CN[C@@H](C)C(=O)N[C@H](C(=O)N1CCC[C@H]1C(=O)Cc1cc2c(Nc3ccc(F)c(Cl)c3F)ncnc2cc1OC)C(C)(C)C.Cl. The number of fused-ring (bicyclic) bond motifs is 1. The summed E-state index contributed by atoms with van der Waals surface area (Å²) in [6.45, 7) is 7.70. The molecule has 0 aliphatic carbocycles. The zero-order valence-electron chi connectivity index (χ0n) is 26.0. The predicted octanol–water partition coefficient (Wildman–Crippen LogP) is 4.98. The monoisotopic (exact) mass is 666 g/mol. The first kappa shape index (κ1) is 35.9. The van der Waals surface area contributed by atoms with Gasteiger partial charge in [-0.3, -0.25) is 14.4 Å². The fourth-order valence-corrected chi connectivity index (χ4v) is 5.35. The summed E-state index contributed by atoms with van der Waals surface area (Å²) >= 11 is 5.75. The van der Waals surface area contributed by atoms with Crippen molar-refractivity contribution in [3.63, 3.8) is 0 Å². The summed E-state index contributed by atoms with van der Waals surface area (Å²) in [6.07, 6.45) is 2.34. The zero-order valence-corrected chi connectivity index (χ0v) is 27.5. The van der Waals surface area contributed by atoms with Crippen molar-refractivity contribution in [3.8, 4) is 5.75 Å². The topological polar surface area (TPSA) is 126 Å². The summed E-state index contributed by atoms with van der Waals surface area (Å²) in [6, 6.07) is 3.54. The highest BCUT2D eigenvalue weighted by Crippen LogP contribution is 2.34. The maximum atomic E-state index is 14.6. The van der Waals surface area contributed by atoms with Crippen LogP contribution in [0.1, 0.15) is 46.1 Å². The predicted molar refractivity (Wildman–Crippen MR) is 171 cm³/mol. The maximum Gasteiger partial charge on any atom is 0.246 e. The number of benzene rings is 2. The van der Waals surface area contributed by atoms with Gasteiger partial charge in [-0.05, 0) is 50.4 Å². The zero-order chi connectivity index (χ0) is 32.3. The van der Waals surface area contributed by atoms with Gasteiger partial charge in [0.05, 0.1) is 30.4 Å². The Hall–Kier alpha value is -3.61. The van der Waals surface area contributed by atoms with Crippen molar-refractivity contribution >= 4 is 64.0 Å². The van der Waals surface area contributed by atoms with Gasteiger partial charge in [0.2, 0.25) is 11.8 Å². The maximum absolute atomic E-state index is 14.6. The second kappa shape index (κ2) is 14.7. The highest BCUT2D eigenvalue weighted by atomic mass is 35.5. The number of ether oxygens (including phenoxy) is 1. The summed E-state index contributed by atoms with van der Waals surface area (Å²) in [5.41, 5.74) is 0.287. The number of nitrogens with one attached hydrogen (secondary N) is 3. The molecular formula is C31H38Cl2F2N6O4. The van der Waals surface area contributed by atoms with E-state index in [9.17, 15) is 23.2 Å². The molecule has 1 aliphatic rings. The number of Topliss-reactive ketones (excluding diaryl/α,β-unsaturated/α-hetero) is 1. The molecule has 0 bridgehead atoms. The molecule has 0 saturated carbocycles. The molecule has 45 heavy (non-hydrogen) atoms. The van der Waals surface area contributed by atoms with Crippen LogP contribution in [0.15, 0.2) is 30.6 Å². The molecule has 0 spiro atoms. The molecule has 14 heteroatoms. The van der Waals surface area contributed by atoms with Crippen molar-refractivity contribution in [3.05, 3.63) is 52.8 Å². The molecule has 3 N–H and O–H groups in total. The van der Waals surface area contributed by atoms with Crippen molar-refractivity contribution in [1.82, 2.24) is 25.5 Å². The number of carbonyl (C=O) groups is 3. The number of methoxy groups -OCH3 is 1. The van der Waals surface area contributed by atoms with Crippen molar-refractivity contribution < 1.29 is 27.9 Å². The molecule has 1 aliphatic heterocycles. The highest BCUT2D eigenvalue weighted by Gasteiger charge is 2.42. The lowest BCUT2D eigenvalue weighted by molar-refractivity contribution is -0.143. The van der Waals surface area contributed by atoms with Gasteiger partial charge in [0.1, 0.15) is 34.8 Å². The lowest BCUT2D eigenvalue weighted by atomic mass is 9.85. The molecule has 3 aromatic rings. The Morgan fingerprint density at radius 1 is 1.18 bits per heavy atom. The van der Waals surface area contributed by atoms with Crippen molar-refractivity contribution in [2.75, 3.05) is 26.0 Å². The molecule has 10 nitrogen and oxygen atoms in total. The molecule has 1 aromatic heterocycles. The van der Waals surface area contributed by atoms with Gasteiger partial charge in [-0.2, -0.15) is 0 Å². The van der Waals surface area contributed by atoms with Gasteiger partial charge in [0, 0.05) is 30.0 Å². The van der Waals surface area contributed by atoms with E-state index in [1.165, 1.54) is 19.5 Å². The minimum Gasteiger partial charge on any atom is -0.496 e. The summed E-state index contributed by atoms with van der Waals surface area (Å²) in [4.78, 5) is 50.4. The lowest BCUT2D eigenvalue weighted by Gasteiger charge is -2.36. The third-order valence-electron chi connectivity index (χ3n) is 7.82. The Labute approximate surface area is 272 Å². The molecule has 2 heterocycles. The van der Waals surface area contributed by atoms with Gasteiger partial charge in [-0.15, -0.1) is 12.4 Å². The summed E-state index contributed by atoms with van der Waals surface area (Å²) < 4.78 is 33.9. The van der Waals surface area contributed by atoms with Gasteiger partial charge >= 0.3 is 0 Å². The molecule has 2 amide bonds. The molecule has 0 radical (unpaired) electrons. The van der Waals surface area contributed by atoms with E-state index in [-0.39, 0.29) is 47.9 Å². The number of likely N-dealkylation sites (N-methyl/N-ethyl adjacent to an activating group) is 1. The van der Waals surface area contributed by atoms with Crippen molar-refractivity contribution in [1.29, 1.82) is 0 Å². The number of hydrogen-bond donors (Lipinski definition) is 3. The smallest absolute Gasteiger partial charge is 0.246 e. The number of aromatic nitrogens is 2. The first-order valence-corrected chi connectivity index (χ1v) is 14.7. The number of amides is 2. The quantitative estimate of drug-likeness (QED) is 0.259. The molecule has 244 valence electrons. The average Bonchev–Trinajstić information content (AvgIpc) is 3.49. The molecule has 2 aromatic carbocycles. The molecule has 1 fully saturated rings. The van der Waals surface area contributed by atoms with E-state index < -0.39 is 40.2 Å². The van der Waals surface area contributed by atoms with Crippen LogP contribution < -0.4 is 20.7 Å². The lowest BCUT2D eigenvalue weighted by Crippen LogP contribution is -2.58. The third kappa shape index (κ3) is 7.79. The van der Waals surface area contributed by atoms with Crippen LogP contribution in [0.2, 0.25) is 5.02 Å². The number of anilines is 2. The van der Waals surface area contributed by atoms with Crippen LogP contribution in [0.5, 0.6) is 5.75 Å². The molecule has 0 unspecified atom stereocenters. The van der Waals surface area contributed by atoms with Crippen LogP contribution in [-0.2, 0) is 20.8 Å². The molecule has 1 saturated heterocycles. The number of likely N-dealkylation sites (tertiary alicyclic amines) is 1. The van der Waals surface area contributed by atoms with Crippen LogP contribution in [0, 0.1) is 17.0 Å². The van der Waals surface area contributed by atoms with Crippen molar-refractivity contribution in [2.45, 2.75) is 65.1 Å². The Bertz CT molecular complexity index is 1590. The van der Waals surface area contributed by atoms with Crippen LogP contribution in [0.25, 0.3) is 10.9 Å². The van der Waals surface area contributed by atoms with E-state index in [2.05, 4.69) is 25.9 Å². The Morgan fingerprint density at radius 2 is 1.89 bits per heavy atom. The number of ketones is 1. The Balaban J connectivity index is 0.00000552. The van der Waals surface area contributed by atoms with Gasteiger partial charge in [0.25, 0.3) is 0 Å². The van der Waals surface area contributed by atoms with Crippen molar-refractivity contribution in [2.24, 2.45) is 5.41 Å². The number of rotatable bonds is 10. The Morgan fingerprint density at radius 3 is 2.53 bits per heavy atom. The van der Waals surface area contributed by atoms with Gasteiger partial charge in [0.15, 0.2) is 11.6 Å². The summed E-state index contributed by atoms with van der Waals surface area (Å²) in [5.74, 6) is -2.06. The standard InChI is InChI=1S/C31H37ClF2N6O4.ClH/c1-16(35-5)29(42)39-27(31(2,3)4)30(43)40-11-7-8-22(40)23(41)13-17-12-18-21(14-24(17)44-6)36-15-37-28(18)38-20-10-9-19(33)25(32)26(20)34;/h9-10,12,14-16,22,27,35H,7-8,11,13H2,1-6H3,(H,39,42)(H,36,37,38);1H/t16-,22-,27+;/m0./s1. The van der Waals surface area contributed by atoms with Crippen LogP contribution in [-0.4, -0.2) is 71.3 Å². The fourth-order valence-electron chi connectivity index (χ4n) is 5.19. The van der Waals surface area contributed by atoms with E-state index in [1.54, 1.807) is 31.0 Å². The average molecular weight is 668 g/mol. The van der Waals surface area contributed by atoms with E-state index in [0.29, 0.717) is 41.6 Å². The molecule has 4 rings (SSSR count). The molecular weight excluding hydrogens is 629 g/mol. The number of carbonyl (C=O) groups excluding carboxylic acids is 3. The van der Waals surface area contributed by atoms with E-state index in [4.69, 9.17) is 16.3 Å². The van der Waals surface area contributed by atoms with Gasteiger partial charge < -0.3 is 25.6 Å². The second-order valence-electron chi connectivity index (χ2n) is 11.9. The normalized spacial score (nSPS) is 16.1. The van der Waals surface area contributed by atoms with Gasteiger partial charge in [-0.1, -0.05) is 32.4 Å². The second-order valence-corrected chi connectivity index (χ2v) is 12.3. The summed E-state index contributed by atoms with van der Waals surface area (Å²) in [7, 11) is 3.13. The van der Waals surface area contributed by atoms with E-state index in [1.807, 2.05) is 20.8 Å². The molecule has 3 atom stereocenters. The third-order valence-corrected chi connectivity index (χ3v) is 8.17. The van der Waals surface area contributed by atoms with Crippen LogP contribution >= 0.6 is 24.0 Å². The fraction of sp³-hybridized carbons (Fsp3) is 0.452. The minimum atomic E-state index is -0.974. The first-order chi connectivity index (χ1) is 20.8. The Kier molecular flexibility index (Phi) is 11.7. The van der Waals surface area contributed by atoms with E-state index in [0.717, 1.165) is 6.07 Å². The number of nitrogens with zero attached hydrogens (tertiary/aromatic N) is 3. The largest absolute Gasteiger partial charge is 0.496 e. The number of hydrogen-bond acceptors (Lipinski definition) is 8. The highest BCUT2D eigenvalue weighted by molar-refractivity contribution is 6.31. The summed E-state index contributed by atoms with van der Waals surface area (Å²) in [5, 5.41) is 8.39. The minimum absolute atomic E-state index is 0. The van der Waals surface area contributed by atoms with Crippen LogP contribution in [0.4, 0.5) is 20.3 Å². The van der Waals surface area contributed by atoms with E-state index >= 15 is 0 Å².